The summed E-state index contributed by atoms with van der Waals surface area (Å²) in [6.07, 6.45) is 1.59. The van der Waals surface area contributed by atoms with E-state index in [1.54, 1.807) is 11.6 Å². The fraction of sp³-hybridized carbons (Fsp3) is 0.250. The summed E-state index contributed by atoms with van der Waals surface area (Å²) >= 11 is 1.33. The van der Waals surface area contributed by atoms with Crippen molar-refractivity contribution in [3.05, 3.63) is 51.7 Å². The van der Waals surface area contributed by atoms with Crippen LogP contribution in [0.3, 0.4) is 0 Å². The zero-order chi connectivity index (χ0) is 13.1. The average molecular weight is 272 g/mol. The van der Waals surface area contributed by atoms with Gasteiger partial charge in [-0.25, -0.2) is 18.2 Å². The molecule has 1 atom stereocenters. The van der Waals surface area contributed by atoms with Gasteiger partial charge in [0.1, 0.15) is 10.8 Å². The Balaban J connectivity index is 2.46. The fourth-order valence-corrected chi connectivity index (χ4v) is 2.40. The van der Waals surface area contributed by atoms with Crippen molar-refractivity contribution in [2.45, 2.75) is 13.0 Å². The van der Waals surface area contributed by atoms with Crippen LogP contribution in [0.1, 0.15) is 23.5 Å². The van der Waals surface area contributed by atoms with Gasteiger partial charge < -0.3 is 5.32 Å². The zero-order valence-electron chi connectivity index (χ0n) is 9.58. The van der Waals surface area contributed by atoms with Gasteiger partial charge in [-0.1, -0.05) is 6.92 Å². The van der Waals surface area contributed by atoms with Gasteiger partial charge in [0.05, 0.1) is 6.04 Å². The van der Waals surface area contributed by atoms with Crippen LogP contribution < -0.4 is 5.32 Å². The van der Waals surface area contributed by atoms with Gasteiger partial charge >= 0.3 is 0 Å². The molecule has 2 aromatic rings. The smallest absolute Gasteiger partial charge is 0.161 e. The van der Waals surface area contributed by atoms with Crippen LogP contribution in [-0.2, 0) is 0 Å². The second kappa shape index (κ2) is 5.49. The average Bonchev–Trinajstić information content (AvgIpc) is 2.85. The van der Waals surface area contributed by atoms with Crippen LogP contribution in [0, 0.1) is 17.5 Å². The first-order chi connectivity index (χ1) is 8.63. The molecule has 0 fully saturated rings. The largest absolute Gasteiger partial charge is 0.304 e. The van der Waals surface area contributed by atoms with Gasteiger partial charge in [0, 0.05) is 23.2 Å². The van der Waals surface area contributed by atoms with Crippen LogP contribution in [0.4, 0.5) is 13.2 Å². The molecule has 1 aromatic carbocycles. The van der Waals surface area contributed by atoms with Crippen LogP contribution in [0.15, 0.2) is 23.7 Å². The maximum absolute atomic E-state index is 13.7. The van der Waals surface area contributed by atoms with Gasteiger partial charge in [0.2, 0.25) is 0 Å². The van der Waals surface area contributed by atoms with Crippen LogP contribution in [0.2, 0.25) is 0 Å². The molecule has 0 aliphatic rings. The Hall–Kier alpha value is -1.40. The SMILES string of the molecule is CCNC(c1nccs1)c1cc(F)c(F)cc1F. The molecule has 0 amide bonds. The van der Waals surface area contributed by atoms with Crippen molar-refractivity contribution < 1.29 is 13.2 Å². The normalized spacial score (nSPS) is 12.7. The molecular weight excluding hydrogens is 261 g/mol. The first-order valence-electron chi connectivity index (χ1n) is 5.40. The Morgan fingerprint density at radius 3 is 2.56 bits per heavy atom. The third-order valence-corrected chi connectivity index (χ3v) is 3.30. The summed E-state index contributed by atoms with van der Waals surface area (Å²) in [7, 11) is 0. The van der Waals surface area contributed by atoms with E-state index in [1.807, 2.05) is 6.92 Å². The summed E-state index contributed by atoms with van der Waals surface area (Å²) in [6, 6.07) is 0.868. The van der Waals surface area contributed by atoms with E-state index in [0.29, 0.717) is 17.6 Å². The summed E-state index contributed by atoms with van der Waals surface area (Å²) in [5, 5.41) is 5.37. The third-order valence-electron chi connectivity index (χ3n) is 2.46. The highest BCUT2D eigenvalue weighted by Gasteiger charge is 2.21. The monoisotopic (exact) mass is 272 g/mol. The second-order valence-corrected chi connectivity index (χ2v) is 4.58. The van der Waals surface area contributed by atoms with E-state index in [4.69, 9.17) is 0 Å². The molecule has 0 saturated carbocycles. The molecule has 0 aliphatic heterocycles. The number of aromatic nitrogens is 1. The van der Waals surface area contributed by atoms with Crippen LogP contribution >= 0.6 is 11.3 Å². The molecule has 0 bridgehead atoms. The molecular formula is C12H11F3N2S. The summed E-state index contributed by atoms with van der Waals surface area (Å²) in [6.45, 7) is 2.40. The Kier molecular flexibility index (Phi) is 3.98. The van der Waals surface area contributed by atoms with Gasteiger partial charge in [-0.05, 0) is 12.6 Å². The highest BCUT2D eigenvalue weighted by molar-refractivity contribution is 7.09. The lowest BCUT2D eigenvalue weighted by Crippen LogP contribution is -2.23. The second-order valence-electron chi connectivity index (χ2n) is 3.65. The topological polar surface area (TPSA) is 24.9 Å². The molecule has 1 aromatic heterocycles. The minimum Gasteiger partial charge on any atom is -0.304 e. The molecule has 18 heavy (non-hydrogen) atoms. The Labute approximate surface area is 106 Å². The Bertz CT molecular complexity index is 528. The third kappa shape index (κ3) is 2.54. The first kappa shape index (κ1) is 13.0. The number of hydrogen-bond acceptors (Lipinski definition) is 3. The summed E-state index contributed by atoms with van der Waals surface area (Å²) < 4.78 is 39.8. The molecule has 0 spiro atoms. The van der Waals surface area contributed by atoms with Crippen molar-refractivity contribution in [2.24, 2.45) is 0 Å². The minimum absolute atomic E-state index is 0.0608. The van der Waals surface area contributed by atoms with Crippen molar-refractivity contribution >= 4 is 11.3 Å². The molecule has 1 N–H and O–H groups in total. The van der Waals surface area contributed by atoms with E-state index in [9.17, 15) is 13.2 Å². The maximum atomic E-state index is 13.7. The number of hydrogen-bond donors (Lipinski definition) is 1. The molecule has 6 heteroatoms. The number of nitrogens with one attached hydrogen (secondary N) is 1. The van der Waals surface area contributed by atoms with Gasteiger partial charge in [-0.15, -0.1) is 11.3 Å². The van der Waals surface area contributed by atoms with Gasteiger partial charge in [-0.3, -0.25) is 0 Å². The highest BCUT2D eigenvalue weighted by atomic mass is 32.1. The summed E-state index contributed by atoms with van der Waals surface area (Å²) in [5.41, 5.74) is 0.0608. The lowest BCUT2D eigenvalue weighted by atomic mass is 10.1. The van der Waals surface area contributed by atoms with Crippen LogP contribution in [0.5, 0.6) is 0 Å². The molecule has 1 heterocycles. The van der Waals surface area contributed by atoms with Crippen molar-refractivity contribution in [1.29, 1.82) is 0 Å². The molecule has 96 valence electrons. The summed E-state index contributed by atoms with van der Waals surface area (Å²) in [4.78, 5) is 4.08. The van der Waals surface area contributed by atoms with Gasteiger partial charge in [-0.2, -0.15) is 0 Å². The van der Waals surface area contributed by atoms with E-state index in [-0.39, 0.29) is 5.56 Å². The highest BCUT2D eigenvalue weighted by Crippen LogP contribution is 2.27. The van der Waals surface area contributed by atoms with Gasteiger partial charge in [0.25, 0.3) is 0 Å². The number of nitrogens with zero attached hydrogens (tertiary/aromatic N) is 1. The number of thiazole rings is 1. The number of benzene rings is 1. The van der Waals surface area contributed by atoms with E-state index < -0.39 is 23.5 Å². The van der Waals surface area contributed by atoms with E-state index in [0.717, 1.165) is 6.07 Å². The predicted molar refractivity (Wildman–Crippen MR) is 63.9 cm³/mol. The molecule has 1 unspecified atom stereocenters. The standard InChI is InChI=1S/C12H11F3N2S/c1-2-16-11(12-17-3-4-18-12)7-5-9(14)10(15)6-8(7)13/h3-6,11,16H,2H2,1H3. The number of halogens is 3. The quantitative estimate of drug-likeness (QED) is 0.864. The fourth-order valence-electron chi connectivity index (χ4n) is 1.67. The van der Waals surface area contributed by atoms with Crippen molar-refractivity contribution in [1.82, 2.24) is 10.3 Å². The maximum Gasteiger partial charge on any atom is 0.161 e. The van der Waals surface area contributed by atoms with E-state index in [1.165, 1.54) is 11.3 Å². The lowest BCUT2D eigenvalue weighted by Gasteiger charge is -2.16. The Morgan fingerprint density at radius 1 is 1.22 bits per heavy atom. The van der Waals surface area contributed by atoms with Gasteiger partial charge in [0.15, 0.2) is 11.6 Å². The van der Waals surface area contributed by atoms with Crippen LogP contribution in [-0.4, -0.2) is 11.5 Å². The lowest BCUT2D eigenvalue weighted by molar-refractivity contribution is 0.481. The van der Waals surface area contributed by atoms with E-state index >= 15 is 0 Å². The predicted octanol–water partition coefficient (Wildman–Crippen LogP) is 3.26. The first-order valence-corrected chi connectivity index (χ1v) is 6.28. The zero-order valence-corrected chi connectivity index (χ0v) is 10.4. The van der Waals surface area contributed by atoms with Crippen molar-refractivity contribution in [3.63, 3.8) is 0 Å². The molecule has 0 saturated heterocycles. The van der Waals surface area contributed by atoms with Crippen LogP contribution in [0.25, 0.3) is 0 Å². The molecule has 0 radical (unpaired) electrons. The minimum atomic E-state index is -1.19. The van der Waals surface area contributed by atoms with Crippen molar-refractivity contribution in [2.75, 3.05) is 6.54 Å². The molecule has 2 nitrogen and oxygen atoms in total. The molecule has 2 rings (SSSR count). The van der Waals surface area contributed by atoms with E-state index in [2.05, 4.69) is 10.3 Å². The molecule has 0 aliphatic carbocycles. The summed E-state index contributed by atoms with van der Waals surface area (Å²) in [5.74, 6) is -3.04. The van der Waals surface area contributed by atoms with Crippen molar-refractivity contribution in [3.8, 4) is 0 Å². The Morgan fingerprint density at radius 2 is 1.94 bits per heavy atom. The number of rotatable bonds is 4.